The number of esters is 2. The summed E-state index contributed by atoms with van der Waals surface area (Å²) < 4.78 is 10.0. The van der Waals surface area contributed by atoms with E-state index in [1.54, 1.807) is 0 Å². The van der Waals surface area contributed by atoms with E-state index in [1.807, 2.05) is 25.7 Å². The van der Waals surface area contributed by atoms with Crippen molar-refractivity contribution in [3.63, 3.8) is 0 Å². The third-order valence-electron chi connectivity index (χ3n) is 3.13. The van der Waals surface area contributed by atoms with Crippen LogP contribution in [0.15, 0.2) is 0 Å². The first kappa shape index (κ1) is 16.0. The lowest BCUT2D eigenvalue weighted by molar-refractivity contribution is -0.158. The second kappa shape index (κ2) is 6.89. The van der Waals surface area contributed by atoms with E-state index in [0.29, 0.717) is 6.42 Å². The van der Waals surface area contributed by atoms with Crippen molar-refractivity contribution in [1.29, 1.82) is 0 Å². The van der Waals surface area contributed by atoms with Gasteiger partial charge < -0.3 is 9.47 Å². The molecule has 0 aromatic carbocycles. The molecule has 1 saturated heterocycles. The van der Waals surface area contributed by atoms with Crippen molar-refractivity contribution in [2.24, 2.45) is 0 Å². The van der Waals surface area contributed by atoms with Crippen molar-refractivity contribution in [3.8, 4) is 0 Å². The fourth-order valence-corrected chi connectivity index (χ4v) is 2.31. The molecule has 1 atom stereocenters. The first-order valence-corrected chi connectivity index (χ1v) is 6.84. The Morgan fingerprint density at radius 3 is 2.47 bits per heavy atom. The Morgan fingerprint density at radius 1 is 1.21 bits per heavy atom. The Balaban J connectivity index is 2.52. The smallest absolute Gasteiger partial charge is 0.320 e. The van der Waals surface area contributed by atoms with Gasteiger partial charge in [0.1, 0.15) is 5.60 Å². The average molecular weight is 271 g/mol. The van der Waals surface area contributed by atoms with Gasteiger partial charge in [0, 0.05) is 6.04 Å². The second-order valence-electron chi connectivity index (χ2n) is 5.99. The molecule has 0 saturated carbocycles. The molecule has 0 aliphatic carbocycles. The summed E-state index contributed by atoms with van der Waals surface area (Å²) >= 11 is 0. The molecule has 0 aromatic rings. The zero-order chi connectivity index (χ0) is 14.5. The van der Waals surface area contributed by atoms with Crippen molar-refractivity contribution in [1.82, 2.24) is 4.90 Å². The van der Waals surface area contributed by atoms with Crippen molar-refractivity contribution < 1.29 is 19.1 Å². The minimum absolute atomic E-state index is 0.0914. The van der Waals surface area contributed by atoms with Gasteiger partial charge in [-0.25, -0.2) is 0 Å². The second-order valence-corrected chi connectivity index (χ2v) is 5.99. The molecule has 0 N–H and O–H groups in total. The lowest BCUT2D eigenvalue weighted by Crippen LogP contribution is -2.45. The summed E-state index contributed by atoms with van der Waals surface area (Å²) in [5, 5.41) is 0. The number of hydrogen-bond acceptors (Lipinski definition) is 5. The van der Waals surface area contributed by atoms with E-state index in [1.165, 1.54) is 7.11 Å². The number of nitrogens with zero attached hydrogens (tertiary/aromatic N) is 1. The van der Waals surface area contributed by atoms with Crippen LogP contribution >= 0.6 is 0 Å². The van der Waals surface area contributed by atoms with E-state index >= 15 is 0 Å². The van der Waals surface area contributed by atoms with Crippen LogP contribution < -0.4 is 0 Å². The molecule has 110 valence electrons. The van der Waals surface area contributed by atoms with Crippen LogP contribution in [0.2, 0.25) is 0 Å². The van der Waals surface area contributed by atoms with Gasteiger partial charge >= 0.3 is 11.9 Å². The van der Waals surface area contributed by atoms with Gasteiger partial charge in [-0.05, 0) is 40.2 Å². The molecule has 19 heavy (non-hydrogen) atoms. The van der Waals surface area contributed by atoms with E-state index in [-0.39, 0.29) is 24.5 Å². The number of carbonyl (C=O) groups excluding carboxylic acids is 2. The van der Waals surface area contributed by atoms with Gasteiger partial charge in [-0.1, -0.05) is 6.42 Å². The SMILES string of the molecule is COC(=O)CC1CCCCN1CC(=O)OC(C)(C)C. The summed E-state index contributed by atoms with van der Waals surface area (Å²) in [4.78, 5) is 25.3. The van der Waals surface area contributed by atoms with Crippen LogP contribution in [0.4, 0.5) is 0 Å². The molecule has 0 radical (unpaired) electrons. The van der Waals surface area contributed by atoms with Crippen LogP contribution in [0.25, 0.3) is 0 Å². The molecule has 1 aliphatic heterocycles. The summed E-state index contributed by atoms with van der Waals surface area (Å²) in [6.45, 7) is 6.65. The first-order chi connectivity index (χ1) is 8.81. The predicted molar refractivity (Wildman–Crippen MR) is 71.7 cm³/mol. The third-order valence-corrected chi connectivity index (χ3v) is 3.13. The fourth-order valence-electron chi connectivity index (χ4n) is 2.31. The number of hydrogen-bond donors (Lipinski definition) is 0. The number of likely N-dealkylation sites (tertiary alicyclic amines) is 1. The lowest BCUT2D eigenvalue weighted by atomic mass is 9.99. The molecule has 1 unspecified atom stereocenters. The Bertz CT molecular complexity index is 322. The Labute approximate surface area is 115 Å². The molecule has 5 heteroatoms. The van der Waals surface area contributed by atoms with Crippen LogP contribution in [0.1, 0.15) is 46.5 Å². The molecule has 0 amide bonds. The van der Waals surface area contributed by atoms with Crippen molar-refractivity contribution in [3.05, 3.63) is 0 Å². The van der Waals surface area contributed by atoms with Crippen molar-refractivity contribution >= 4 is 11.9 Å². The van der Waals surface area contributed by atoms with E-state index in [4.69, 9.17) is 9.47 Å². The maximum absolute atomic E-state index is 11.8. The minimum Gasteiger partial charge on any atom is -0.469 e. The van der Waals surface area contributed by atoms with Crippen molar-refractivity contribution in [2.45, 2.75) is 58.1 Å². The van der Waals surface area contributed by atoms with Gasteiger partial charge in [0.25, 0.3) is 0 Å². The van der Waals surface area contributed by atoms with Crippen molar-refractivity contribution in [2.75, 3.05) is 20.2 Å². The van der Waals surface area contributed by atoms with E-state index in [2.05, 4.69) is 0 Å². The molecule has 1 aliphatic rings. The highest BCUT2D eigenvalue weighted by atomic mass is 16.6. The highest BCUT2D eigenvalue weighted by Crippen LogP contribution is 2.20. The molecular formula is C14H25NO4. The summed E-state index contributed by atoms with van der Waals surface area (Å²) in [6, 6.07) is 0.0914. The number of carbonyl (C=O) groups is 2. The van der Waals surface area contributed by atoms with E-state index in [9.17, 15) is 9.59 Å². The summed E-state index contributed by atoms with van der Waals surface area (Å²) in [5.74, 6) is -0.453. The van der Waals surface area contributed by atoms with Gasteiger partial charge in [-0.15, -0.1) is 0 Å². The topological polar surface area (TPSA) is 55.8 Å². The maximum atomic E-state index is 11.8. The van der Waals surface area contributed by atoms with Gasteiger partial charge in [0.05, 0.1) is 20.1 Å². The Kier molecular flexibility index (Phi) is 5.79. The van der Waals surface area contributed by atoms with E-state index in [0.717, 1.165) is 25.8 Å². The van der Waals surface area contributed by atoms with Crippen LogP contribution in [0.5, 0.6) is 0 Å². The minimum atomic E-state index is -0.468. The summed E-state index contributed by atoms with van der Waals surface area (Å²) in [6.07, 6.45) is 3.42. The predicted octanol–water partition coefficient (Wildman–Crippen LogP) is 1.75. The zero-order valence-corrected chi connectivity index (χ0v) is 12.4. The zero-order valence-electron chi connectivity index (χ0n) is 12.4. The standard InChI is InChI=1S/C14H25NO4/c1-14(2,3)19-13(17)10-15-8-6-5-7-11(15)9-12(16)18-4/h11H,5-10H2,1-4H3. The van der Waals surface area contributed by atoms with Crippen LogP contribution in [-0.4, -0.2) is 48.7 Å². The normalized spacial score (nSPS) is 20.9. The van der Waals surface area contributed by atoms with Crippen LogP contribution in [-0.2, 0) is 19.1 Å². The summed E-state index contributed by atoms with van der Waals surface area (Å²) in [5.41, 5.74) is -0.468. The number of ether oxygens (including phenoxy) is 2. The maximum Gasteiger partial charge on any atom is 0.320 e. The molecule has 0 spiro atoms. The Hall–Kier alpha value is -1.10. The lowest BCUT2D eigenvalue weighted by Gasteiger charge is -2.34. The fraction of sp³-hybridized carbons (Fsp3) is 0.857. The third kappa shape index (κ3) is 6.05. The highest BCUT2D eigenvalue weighted by Gasteiger charge is 2.28. The average Bonchev–Trinajstić information content (AvgIpc) is 2.29. The molecule has 0 aromatic heterocycles. The van der Waals surface area contributed by atoms with Gasteiger partial charge in [-0.2, -0.15) is 0 Å². The van der Waals surface area contributed by atoms with E-state index < -0.39 is 5.60 Å². The molecule has 1 fully saturated rings. The number of rotatable bonds is 4. The molecule has 0 bridgehead atoms. The van der Waals surface area contributed by atoms with Gasteiger partial charge in [0.2, 0.25) is 0 Å². The number of piperidine rings is 1. The van der Waals surface area contributed by atoms with Crippen LogP contribution in [0, 0.1) is 0 Å². The van der Waals surface area contributed by atoms with Gasteiger partial charge in [-0.3, -0.25) is 14.5 Å². The van der Waals surface area contributed by atoms with Crippen LogP contribution in [0.3, 0.4) is 0 Å². The molecule has 1 rings (SSSR count). The molecule has 1 heterocycles. The first-order valence-electron chi connectivity index (χ1n) is 6.84. The number of methoxy groups -OCH3 is 1. The highest BCUT2D eigenvalue weighted by molar-refractivity contribution is 5.73. The van der Waals surface area contributed by atoms with Gasteiger partial charge in [0.15, 0.2) is 0 Å². The monoisotopic (exact) mass is 271 g/mol. The Morgan fingerprint density at radius 2 is 1.89 bits per heavy atom. The quantitative estimate of drug-likeness (QED) is 0.729. The summed E-state index contributed by atoms with van der Waals surface area (Å²) in [7, 11) is 1.39. The molecule has 5 nitrogen and oxygen atoms in total. The molecular weight excluding hydrogens is 246 g/mol. The largest absolute Gasteiger partial charge is 0.469 e.